The summed E-state index contributed by atoms with van der Waals surface area (Å²) >= 11 is 0. The van der Waals surface area contributed by atoms with Gasteiger partial charge in [0, 0.05) is 36.2 Å². The van der Waals surface area contributed by atoms with Crippen molar-refractivity contribution in [3.63, 3.8) is 0 Å². The molecule has 3 aromatic heterocycles. The molecule has 9 rings (SSSR count). The minimum Gasteiger partial charge on any atom is -0.353 e. The third kappa shape index (κ3) is 9.48. The van der Waals surface area contributed by atoms with E-state index in [-0.39, 0.29) is 2.85 Å². The number of nitrogens with zero attached hydrogens (tertiary/aromatic N) is 2. The van der Waals surface area contributed by atoms with E-state index in [4.69, 9.17) is 9.97 Å². The van der Waals surface area contributed by atoms with E-state index in [0.717, 1.165) is 95.8 Å². The van der Waals surface area contributed by atoms with E-state index in [1.54, 1.807) is 0 Å². The van der Waals surface area contributed by atoms with Gasteiger partial charge in [0.25, 0.3) is 0 Å². The number of hydrogen-bond acceptors (Lipinski definition) is 2. The van der Waals surface area contributed by atoms with Crippen molar-refractivity contribution in [2.24, 2.45) is 0 Å². The Hall–Kier alpha value is -6.52. The average molecular weight is 753 g/mol. The number of benzene rings is 3. The normalized spacial score (nSPS) is 12.3. The molecule has 2 N–H and O–H groups in total. The number of nitrogens with one attached hydrogen (secondary N) is 2. The summed E-state index contributed by atoms with van der Waals surface area (Å²) in [5.41, 5.74) is 16.5. The minimum absolute atomic E-state index is 0. The second-order valence-corrected chi connectivity index (χ2v) is 12.4. The van der Waals surface area contributed by atoms with E-state index in [2.05, 4.69) is 180 Å². The maximum absolute atomic E-state index is 5.24. The number of hydrogen-bond donors (Lipinski definition) is 2. The van der Waals surface area contributed by atoms with Crippen molar-refractivity contribution in [2.75, 3.05) is 0 Å². The van der Waals surface area contributed by atoms with E-state index in [1.807, 2.05) is 55.4 Å². The Morgan fingerprint density at radius 2 is 0.895 bits per heavy atom. The molecule has 3 aromatic carbocycles. The fourth-order valence-electron chi connectivity index (χ4n) is 6.75. The molecule has 292 valence electrons. The van der Waals surface area contributed by atoms with Gasteiger partial charge >= 0.3 is 0 Å². The molecule has 2 aliphatic heterocycles. The monoisotopic (exact) mass is 752 g/mol. The van der Waals surface area contributed by atoms with Crippen LogP contribution in [0.15, 0.2) is 158 Å². The van der Waals surface area contributed by atoms with Crippen molar-refractivity contribution >= 4 is 50.9 Å². The second kappa shape index (κ2) is 21.0. The van der Waals surface area contributed by atoms with Crippen LogP contribution < -0.4 is 0 Å². The van der Waals surface area contributed by atoms with Crippen molar-refractivity contribution < 1.29 is 2.85 Å². The first-order chi connectivity index (χ1) is 28.3. The lowest BCUT2D eigenvalue weighted by Crippen LogP contribution is -1.84. The Balaban J connectivity index is 0.000000880. The van der Waals surface area contributed by atoms with Crippen molar-refractivity contribution in [1.82, 2.24) is 19.9 Å². The molecule has 0 atom stereocenters. The SMILES string of the molecule is C1=CCC=CC(c2cc3[nH]c2ccc2nc(c4cc(-c5ccccc5)c(ccc5nc3C=C5c3ccccc3)[nH]4)C=C2c2ccccc2)=C1.CC.CC.CC.CC.[HH].[HH]. The molecule has 1 aliphatic carbocycles. The molecule has 4 heteroatoms. The van der Waals surface area contributed by atoms with Gasteiger partial charge in [-0.05, 0) is 77.2 Å². The van der Waals surface area contributed by atoms with Crippen molar-refractivity contribution in [3.05, 3.63) is 197 Å². The third-order valence-corrected chi connectivity index (χ3v) is 9.21. The minimum atomic E-state index is 0. The van der Waals surface area contributed by atoms with Gasteiger partial charge in [-0.1, -0.05) is 177 Å². The molecule has 0 spiro atoms. The lowest BCUT2D eigenvalue weighted by molar-refractivity contribution is 1.30. The maximum Gasteiger partial charge on any atom is 0.0879 e. The van der Waals surface area contributed by atoms with E-state index < -0.39 is 0 Å². The fourth-order valence-corrected chi connectivity index (χ4v) is 6.75. The van der Waals surface area contributed by atoms with Gasteiger partial charge in [-0.2, -0.15) is 0 Å². The molecule has 57 heavy (non-hydrogen) atoms. The highest BCUT2D eigenvalue weighted by atomic mass is 14.8. The van der Waals surface area contributed by atoms with Crippen molar-refractivity contribution in [2.45, 2.75) is 61.8 Å². The third-order valence-electron chi connectivity index (χ3n) is 9.21. The Kier molecular flexibility index (Phi) is 15.3. The van der Waals surface area contributed by atoms with Crippen LogP contribution in [0.4, 0.5) is 0 Å². The lowest BCUT2D eigenvalue weighted by Gasteiger charge is -2.01. The Labute approximate surface area is 342 Å². The molecular weight excluding hydrogens is 693 g/mol. The first-order valence-corrected chi connectivity index (χ1v) is 20.7. The summed E-state index contributed by atoms with van der Waals surface area (Å²) in [6.45, 7) is 16.0. The number of allylic oxidation sites excluding steroid dienone is 6. The molecule has 0 amide bonds. The number of fused-ring (bicyclic) bond motifs is 10. The molecular formula is C53H60N4. The van der Waals surface area contributed by atoms with E-state index in [1.165, 1.54) is 0 Å². The molecule has 0 saturated heterocycles. The summed E-state index contributed by atoms with van der Waals surface area (Å²) in [6, 6.07) is 44.5. The summed E-state index contributed by atoms with van der Waals surface area (Å²) in [4.78, 5) is 17.9. The molecule has 3 aliphatic rings. The molecule has 0 unspecified atom stereocenters. The van der Waals surface area contributed by atoms with Crippen LogP contribution in [0.3, 0.4) is 0 Å². The topological polar surface area (TPSA) is 57.4 Å². The summed E-state index contributed by atoms with van der Waals surface area (Å²) in [5.74, 6) is 0. The summed E-state index contributed by atoms with van der Waals surface area (Å²) in [5, 5.41) is 0. The Morgan fingerprint density at radius 1 is 0.456 bits per heavy atom. The molecule has 0 fully saturated rings. The van der Waals surface area contributed by atoms with Gasteiger partial charge in [0.2, 0.25) is 0 Å². The van der Waals surface area contributed by atoms with Crippen LogP contribution in [0.25, 0.3) is 62.1 Å². The predicted octanol–water partition coefficient (Wildman–Crippen LogP) is 15.7. The van der Waals surface area contributed by atoms with Crippen molar-refractivity contribution in [1.29, 1.82) is 0 Å². The molecule has 0 radical (unpaired) electrons. The zero-order valence-electron chi connectivity index (χ0n) is 34.8. The smallest absolute Gasteiger partial charge is 0.0879 e. The van der Waals surface area contributed by atoms with Crippen LogP contribution in [-0.4, -0.2) is 19.9 Å². The van der Waals surface area contributed by atoms with Crippen molar-refractivity contribution in [3.8, 4) is 11.1 Å². The van der Waals surface area contributed by atoms with E-state index in [0.29, 0.717) is 0 Å². The largest absolute Gasteiger partial charge is 0.353 e. The maximum atomic E-state index is 5.24. The van der Waals surface area contributed by atoms with Gasteiger partial charge in [0.15, 0.2) is 0 Å². The van der Waals surface area contributed by atoms with E-state index >= 15 is 0 Å². The van der Waals surface area contributed by atoms with Crippen LogP contribution in [-0.2, 0) is 0 Å². The number of H-pyrrole nitrogens is 2. The first kappa shape index (κ1) is 41.6. The highest BCUT2D eigenvalue weighted by Gasteiger charge is 2.18. The van der Waals surface area contributed by atoms with Crippen LogP contribution in [0, 0.1) is 0 Å². The van der Waals surface area contributed by atoms with Crippen LogP contribution in [0.5, 0.6) is 0 Å². The summed E-state index contributed by atoms with van der Waals surface area (Å²) in [6.07, 6.45) is 16.2. The Bertz CT molecular complexity index is 2560. The average Bonchev–Trinajstić information content (AvgIpc) is 4.08. The first-order valence-electron chi connectivity index (χ1n) is 20.7. The number of aromatic amines is 2. The van der Waals surface area contributed by atoms with E-state index in [9.17, 15) is 0 Å². The lowest BCUT2D eigenvalue weighted by atomic mass is 10.0. The fraction of sp³-hybridized carbons (Fsp3) is 0.170. The zero-order chi connectivity index (χ0) is 40.6. The molecule has 8 bridgehead atoms. The van der Waals surface area contributed by atoms with Gasteiger partial charge in [-0.3, -0.25) is 0 Å². The van der Waals surface area contributed by atoms with Gasteiger partial charge in [-0.25, -0.2) is 9.97 Å². The molecule has 6 aromatic rings. The highest BCUT2D eigenvalue weighted by molar-refractivity contribution is 5.99. The molecule has 0 saturated carbocycles. The van der Waals surface area contributed by atoms with Crippen LogP contribution >= 0.6 is 0 Å². The standard InChI is InChI=1S/C45H32N4.4C2H6.2H2/c1-2-7-15-30(14-6-1)34-26-42-43-27-35(31-16-8-3-9-17-31)40(47-43)24-25-41-37(33-20-12-5-13-21-33)29-45(49-41)44-28-36(32-18-10-4-11-19-32)39(48-44)23-22-38(34)46-42;4*1-2;;/h1,3-29,46,49H,2H2;4*1-2H3;2*1H. The van der Waals surface area contributed by atoms with Gasteiger partial charge < -0.3 is 9.97 Å². The number of aromatic nitrogens is 4. The predicted molar refractivity (Wildman–Crippen MR) is 254 cm³/mol. The second-order valence-electron chi connectivity index (χ2n) is 12.4. The highest BCUT2D eigenvalue weighted by Crippen LogP contribution is 2.35. The summed E-state index contributed by atoms with van der Waals surface area (Å²) in [7, 11) is 0. The quantitative estimate of drug-likeness (QED) is 0.188. The number of rotatable bonds is 4. The molecule has 5 heterocycles. The zero-order valence-corrected chi connectivity index (χ0v) is 34.8. The van der Waals surface area contributed by atoms with Gasteiger partial charge in [-0.15, -0.1) is 0 Å². The summed E-state index contributed by atoms with van der Waals surface area (Å²) < 4.78 is 0. The van der Waals surface area contributed by atoms with Crippen LogP contribution in [0.1, 0.15) is 104 Å². The van der Waals surface area contributed by atoms with Crippen LogP contribution in [0.2, 0.25) is 0 Å². The molecule has 4 nitrogen and oxygen atoms in total. The van der Waals surface area contributed by atoms with Gasteiger partial charge in [0.1, 0.15) is 0 Å². The van der Waals surface area contributed by atoms with Gasteiger partial charge in [0.05, 0.1) is 33.8 Å². The Morgan fingerprint density at radius 3 is 1.39 bits per heavy atom.